The van der Waals surface area contributed by atoms with Crippen LogP contribution in [-0.2, 0) is 11.2 Å². The number of nitrogens with zero attached hydrogens (tertiary/aromatic N) is 2. The Balaban J connectivity index is 1.58. The molecule has 4 rings (SSSR count). The number of aromatic amines is 1. The largest absolute Gasteiger partial charge is 0.497 e. The van der Waals surface area contributed by atoms with Crippen LogP contribution in [-0.4, -0.2) is 34.4 Å². The Labute approximate surface area is 153 Å². The fraction of sp³-hybridized carbons (Fsp3) is 0.333. The lowest BCUT2D eigenvalue weighted by Gasteiger charge is -2.24. The molecule has 1 aromatic carbocycles. The van der Waals surface area contributed by atoms with Crippen molar-refractivity contribution >= 4 is 16.8 Å². The van der Waals surface area contributed by atoms with Crippen LogP contribution < -0.4 is 4.74 Å². The second-order valence-corrected chi connectivity index (χ2v) is 6.85. The van der Waals surface area contributed by atoms with Crippen LogP contribution in [0.15, 0.2) is 42.6 Å². The van der Waals surface area contributed by atoms with Crippen LogP contribution in [0.3, 0.4) is 0 Å². The Morgan fingerprint density at radius 2 is 2.23 bits per heavy atom. The minimum Gasteiger partial charge on any atom is -0.497 e. The summed E-state index contributed by atoms with van der Waals surface area (Å²) in [5.41, 5.74) is 4.01. The molecule has 1 atom stereocenters. The smallest absolute Gasteiger partial charge is 0.227 e. The minimum atomic E-state index is 0.0853. The summed E-state index contributed by atoms with van der Waals surface area (Å²) in [5, 5.41) is 1.04. The number of nitrogens with one attached hydrogen (secondary N) is 1. The highest BCUT2D eigenvalue weighted by atomic mass is 16.5. The number of fused-ring (bicyclic) bond motifs is 1. The molecule has 1 saturated heterocycles. The molecule has 1 amide bonds. The van der Waals surface area contributed by atoms with Gasteiger partial charge >= 0.3 is 0 Å². The fourth-order valence-corrected chi connectivity index (χ4v) is 3.82. The number of aryl methyl sites for hydroxylation is 1. The Morgan fingerprint density at radius 1 is 1.35 bits per heavy atom. The van der Waals surface area contributed by atoms with Crippen LogP contribution in [0, 0.1) is 6.92 Å². The SMILES string of the molecule is COc1ccc2[nH]cc(CC(=O)N3CCCC3c3cccc(C)n3)c2c1. The number of pyridine rings is 1. The predicted molar refractivity (Wildman–Crippen MR) is 101 cm³/mol. The van der Waals surface area contributed by atoms with Crippen LogP contribution in [0.2, 0.25) is 0 Å². The summed E-state index contributed by atoms with van der Waals surface area (Å²) in [5.74, 6) is 0.952. The third kappa shape index (κ3) is 3.05. The molecule has 1 N–H and O–H groups in total. The van der Waals surface area contributed by atoms with E-state index in [2.05, 4.69) is 9.97 Å². The van der Waals surface area contributed by atoms with E-state index in [0.717, 1.165) is 53.0 Å². The molecule has 0 radical (unpaired) electrons. The molecular formula is C21H23N3O2. The van der Waals surface area contributed by atoms with E-state index in [1.807, 2.05) is 54.4 Å². The number of hydrogen-bond acceptors (Lipinski definition) is 3. The van der Waals surface area contributed by atoms with Gasteiger partial charge in [0, 0.05) is 29.3 Å². The number of H-pyrrole nitrogens is 1. The molecule has 134 valence electrons. The van der Waals surface area contributed by atoms with Crippen molar-refractivity contribution in [1.82, 2.24) is 14.9 Å². The first-order valence-electron chi connectivity index (χ1n) is 9.03. The van der Waals surface area contributed by atoms with Crippen LogP contribution in [0.25, 0.3) is 10.9 Å². The number of likely N-dealkylation sites (tertiary alicyclic amines) is 1. The monoisotopic (exact) mass is 349 g/mol. The van der Waals surface area contributed by atoms with Gasteiger partial charge in [-0.3, -0.25) is 9.78 Å². The zero-order valence-electron chi connectivity index (χ0n) is 15.2. The number of benzene rings is 1. The van der Waals surface area contributed by atoms with E-state index >= 15 is 0 Å². The highest BCUT2D eigenvalue weighted by Gasteiger charge is 2.31. The van der Waals surface area contributed by atoms with Crippen LogP contribution in [0.4, 0.5) is 0 Å². The van der Waals surface area contributed by atoms with E-state index in [9.17, 15) is 4.79 Å². The van der Waals surface area contributed by atoms with Gasteiger partial charge in [-0.1, -0.05) is 6.07 Å². The number of rotatable bonds is 4. The van der Waals surface area contributed by atoms with Gasteiger partial charge in [-0.25, -0.2) is 0 Å². The fourth-order valence-electron chi connectivity index (χ4n) is 3.82. The molecule has 0 spiro atoms. The van der Waals surface area contributed by atoms with Gasteiger partial charge in [-0.15, -0.1) is 0 Å². The molecule has 0 saturated carbocycles. The average Bonchev–Trinajstić information content (AvgIpc) is 3.29. The molecule has 1 aliphatic rings. The van der Waals surface area contributed by atoms with Crippen LogP contribution >= 0.6 is 0 Å². The summed E-state index contributed by atoms with van der Waals surface area (Å²) in [6.45, 7) is 2.79. The molecule has 0 aliphatic carbocycles. The highest BCUT2D eigenvalue weighted by Crippen LogP contribution is 2.32. The maximum absolute atomic E-state index is 13.0. The summed E-state index contributed by atoms with van der Waals surface area (Å²) in [6, 6.07) is 12.0. The van der Waals surface area contributed by atoms with Crippen molar-refractivity contribution < 1.29 is 9.53 Å². The maximum atomic E-state index is 13.0. The predicted octanol–water partition coefficient (Wildman–Crippen LogP) is 3.79. The van der Waals surface area contributed by atoms with Crippen molar-refractivity contribution in [2.75, 3.05) is 13.7 Å². The molecule has 0 bridgehead atoms. The van der Waals surface area contributed by atoms with Crippen molar-refractivity contribution in [3.63, 3.8) is 0 Å². The van der Waals surface area contributed by atoms with E-state index in [1.54, 1.807) is 7.11 Å². The van der Waals surface area contributed by atoms with Gasteiger partial charge in [-0.2, -0.15) is 0 Å². The van der Waals surface area contributed by atoms with E-state index in [4.69, 9.17) is 4.74 Å². The van der Waals surface area contributed by atoms with Crippen molar-refractivity contribution in [2.45, 2.75) is 32.2 Å². The van der Waals surface area contributed by atoms with E-state index in [-0.39, 0.29) is 11.9 Å². The van der Waals surface area contributed by atoms with Gasteiger partial charge in [0.05, 0.1) is 25.3 Å². The molecule has 1 unspecified atom stereocenters. The number of amides is 1. The number of hydrogen-bond donors (Lipinski definition) is 1. The van der Waals surface area contributed by atoms with Crippen LogP contribution in [0.5, 0.6) is 5.75 Å². The zero-order chi connectivity index (χ0) is 18.1. The first-order valence-corrected chi connectivity index (χ1v) is 9.03. The number of aromatic nitrogens is 2. The summed E-state index contributed by atoms with van der Waals surface area (Å²) in [7, 11) is 1.66. The Hall–Kier alpha value is -2.82. The van der Waals surface area contributed by atoms with Gasteiger partial charge < -0.3 is 14.6 Å². The third-order valence-corrected chi connectivity index (χ3v) is 5.14. The van der Waals surface area contributed by atoms with Gasteiger partial charge in [-0.05, 0) is 55.7 Å². The second-order valence-electron chi connectivity index (χ2n) is 6.85. The van der Waals surface area contributed by atoms with Gasteiger partial charge in [0.1, 0.15) is 5.75 Å². The molecular weight excluding hydrogens is 326 g/mol. The molecule has 1 aliphatic heterocycles. The lowest BCUT2D eigenvalue weighted by Crippen LogP contribution is -2.32. The minimum absolute atomic E-state index is 0.0853. The number of carbonyl (C=O) groups is 1. The number of carbonyl (C=O) groups excluding carboxylic acids is 1. The van der Waals surface area contributed by atoms with Crippen LogP contribution in [0.1, 0.15) is 35.8 Å². The first kappa shape index (κ1) is 16.6. The van der Waals surface area contributed by atoms with E-state index < -0.39 is 0 Å². The summed E-state index contributed by atoms with van der Waals surface area (Å²) < 4.78 is 5.32. The molecule has 3 aromatic rings. The van der Waals surface area contributed by atoms with E-state index in [0.29, 0.717) is 6.42 Å². The van der Waals surface area contributed by atoms with Crippen molar-refractivity contribution in [3.05, 3.63) is 59.5 Å². The Morgan fingerprint density at radius 3 is 3.04 bits per heavy atom. The molecule has 5 nitrogen and oxygen atoms in total. The van der Waals surface area contributed by atoms with Gasteiger partial charge in [0.2, 0.25) is 5.91 Å². The molecule has 3 heterocycles. The lowest BCUT2D eigenvalue weighted by molar-refractivity contribution is -0.131. The second kappa shape index (κ2) is 6.83. The highest BCUT2D eigenvalue weighted by molar-refractivity contribution is 5.90. The zero-order valence-corrected chi connectivity index (χ0v) is 15.2. The molecule has 26 heavy (non-hydrogen) atoms. The number of methoxy groups -OCH3 is 1. The Bertz CT molecular complexity index is 947. The molecule has 5 heteroatoms. The topological polar surface area (TPSA) is 58.2 Å². The lowest BCUT2D eigenvalue weighted by atomic mass is 10.1. The first-order chi connectivity index (χ1) is 12.7. The van der Waals surface area contributed by atoms with Crippen molar-refractivity contribution in [2.24, 2.45) is 0 Å². The maximum Gasteiger partial charge on any atom is 0.227 e. The normalized spacial score (nSPS) is 17.0. The molecule has 1 fully saturated rings. The van der Waals surface area contributed by atoms with Gasteiger partial charge in [0.25, 0.3) is 0 Å². The summed E-state index contributed by atoms with van der Waals surface area (Å²) >= 11 is 0. The van der Waals surface area contributed by atoms with Gasteiger partial charge in [0.15, 0.2) is 0 Å². The Kier molecular flexibility index (Phi) is 4.37. The van der Waals surface area contributed by atoms with Crippen molar-refractivity contribution in [3.8, 4) is 5.75 Å². The third-order valence-electron chi connectivity index (χ3n) is 5.14. The van der Waals surface area contributed by atoms with Crippen molar-refractivity contribution in [1.29, 1.82) is 0 Å². The molecule has 2 aromatic heterocycles. The summed E-state index contributed by atoms with van der Waals surface area (Å²) in [4.78, 5) is 22.9. The number of ether oxygens (including phenoxy) is 1. The van der Waals surface area contributed by atoms with E-state index in [1.165, 1.54) is 0 Å². The standard InChI is InChI=1S/C21H23N3O2/c1-14-5-3-6-19(23-14)20-7-4-10-24(20)21(25)11-15-13-22-18-9-8-16(26-2)12-17(15)18/h3,5-6,8-9,12-13,20,22H,4,7,10-11H2,1-2H3. The average molecular weight is 349 g/mol. The quantitative estimate of drug-likeness (QED) is 0.780. The summed E-state index contributed by atoms with van der Waals surface area (Å²) in [6.07, 6.45) is 4.31.